The average Bonchev–Trinajstić information content (AvgIpc) is 2.62. The number of nitrogens with two attached hydrogens (primary N) is 1. The van der Waals surface area contributed by atoms with Gasteiger partial charge in [-0.3, -0.25) is 9.48 Å². The molecular weight excluding hydrogens is 170 g/mol. The van der Waals surface area contributed by atoms with Crippen molar-refractivity contribution in [2.45, 2.75) is 24.9 Å². The molecule has 5 nitrogen and oxygen atoms in total. The third-order valence-electron chi connectivity index (χ3n) is 2.29. The van der Waals surface area contributed by atoms with Crippen molar-refractivity contribution in [3.63, 3.8) is 0 Å². The normalized spacial score (nSPS) is 18.5. The molecule has 0 saturated heterocycles. The molecule has 13 heavy (non-hydrogen) atoms. The van der Waals surface area contributed by atoms with E-state index >= 15 is 0 Å². The molecule has 5 heteroatoms. The summed E-state index contributed by atoms with van der Waals surface area (Å²) >= 11 is 0. The first-order valence-electron chi connectivity index (χ1n) is 4.14. The summed E-state index contributed by atoms with van der Waals surface area (Å²) in [4.78, 5) is 10.4. The van der Waals surface area contributed by atoms with E-state index in [0.717, 1.165) is 18.4 Å². The number of hydrogen-bond donors (Lipinski definition) is 2. The Morgan fingerprint density at radius 1 is 1.77 bits per heavy atom. The minimum atomic E-state index is -0.892. The predicted octanol–water partition coefficient (Wildman–Crippen LogP) is -0.0845. The summed E-state index contributed by atoms with van der Waals surface area (Å²) < 4.78 is 1.39. The number of aromatic nitrogens is 2. The van der Waals surface area contributed by atoms with Gasteiger partial charge in [-0.2, -0.15) is 5.10 Å². The second kappa shape index (κ2) is 2.56. The number of carbonyl (C=O) groups is 1. The maximum Gasteiger partial charge on any atom is 0.325 e. The molecule has 0 bridgehead atoms. The van der Waals surface area contributed by atoms with Crippen molar-refractivity contribution in [3.8, 4) is 0 Å². The van der Waals surface area contributed by atoms with Gasteiger partial charge in [0, 0.05) is 17.3 Å². The molecule has 1 aromatic rings. The van der Waals surface area contributed by atoms with Gasteiger partial charge in [-0.1, -0.05) is 0 Å². The van der Waals surface area contributed by atoms with Gasteiger partial charge in [0.1, 0.15) is 6.54 Å². The molecule has 3 N–H and O–H groups in total. The van der Waals surface area contributed by atoms with Gasteiger partial charge < -0.3 is 10.8 Å². The van der Waals surface area contributed by atoms with Crippen LogP contribution in [0.15, 0.2) is 12.4 Å². The maximum atomic E-state index is 10.4. The standard InChI is InChI=1S/C8H11N3O2/c9-8(1-2-8)6-3-10-11(4-6)5-7(12)13/h3-4H,1-2,5,9H2,(H,12,13). The van der Waals surface area contributed by atoms with Crippen LogP contribution in [0.2, 0.25) is 0 Å². The Balaban J connectivity index is 2.14. The van der Waals surface area contributed by atoms with Crippen LogP contribution in [0, 0.1) is 0 Å². The molecule has 1 saturated carbocycles. The fourth-order valence-corrected chi connectivity index (χ4v) is 1.27. The summed E-state index contributed by atoms with van der Waals surface area (Å²) in [6.45, 7) is -0.101. The Hall–Kier alpha value is -1.36. The monoisotopic (exact) mass is 181 g/mol. The Bertz CT molecular complexity index is 341. The highest BCUT2D eigenvalue weighted by Gasteiger charge is 2.40. The fourth-order valence-electron chi connectivity index (χ4n) is 1.27. The summed E-state index contributed by atoms with van der Waals surface area (Å²) in [5.41, 5.74) is 6.62. The highest BCUT2D eigenvalue weighted by atomic mass is 16.4. The number of aliphatic carboxylic acids is 1. The van der Waals surface area contributed by atoms with Gasteiger partial charge in [0.25, 0.3) is 0 Å². The Morgan fingerprint density at radius 3 is 3.00 bits per heavy atom. The SMILES string of the molecule is NC1(c2cnn(CC(=O)O)c2)CC1. The Labute approximate surface area is 75.2 Å². The van der Waals surface area contributed by atoms with Gasteiger partial charge in [0.2, 0.25) is 0 Å². The van der Waals surface area contributed by atoms with Gasteiger partial charge in [-0.05, 0) is 12.8 Å². The Morgan fingerprint density at radius 2 is 2.46 bits per heavy atom. The molecule has 70 valence electrons. The molecule has 0 aliphatic heterocycles. The zero-order chi connectivity index (χ0) is 9.47. The first-order chi connectivity index (χ1) is 6.10. The second-order valence-corrected chi connectivity index (χ2v) is 3.48. The summed E-state index contributed by atoms with van der Waals surface area (Å²) in [7, 11) is 0. The van der Waals surface area contributed by atoms with E-state index in [2.05, 4.69) is 5.10 Å². The predicted molar refractivity (Wildman–Crippen MR) is 45.0 cm³/mol. The van der Waals surface area contributed by atoms with Gasteiger partial charge >= 0.3 is 5.97 Å². The summed E-state index contributed by atoms with van der Waals surface area (Å²) in [6.07, 6.45) is 5.29. The molecule has 0 radical (unpaired) electrons. The van der Waals surface area contributed by atoms with Crippen molar-refractivity contribution >= 4 is 5.97 Å². The number of carboxylic acids is 1. The molecular formula is C8H11N3O2. The molecule has 0 amide bonds. The third-order valence-corrected chi connectivity index (χ3v) is 2.29. The molecule has 2 rings (SSSR count). The van der Waals surface area contributed by atoms with E-state index in [1.807, 2.05) is 0 Å². The van der Waals surface area contributed by atoms with Crippen LogP contribution < -0.4 is 5.73 Å². The summed E-state index contributed by atoms with van der Waals surface area (Å²) in [5.74, 6) is -0.892. The van der Waals surface area contributed by atoms with Crippen LogP contribution in [0.4, 0.5) is 0 Å². The van der Waals surface area contributed by atoms with Crippen molar-refractivity contribution in [1.82, 2.24) is 9.78 Å². The van der Waals surface area contributed by atoms with Crippen molar-refractivity contribution in [2.24, 2.45) is 5.73 Å². The van der Waals surface area contributed by atoms with Crippen molar-refractivity contribution in [1.29, 1.82) is 0 Å². The lowest BCUT2D eigenvalue weighted by Gasteiger charge is -2.02. The highest BCUT2D eigenvalue weighted by Crippen LogP contribution is 2.42. The molecule has 0 aromatic carbocycles. The zero-order valence-corrected chi connectivity index (χ0v) is 7.10. The second-order valence-electron chi connectivity index (χ2n) is 3.48. The van der Waals surface area contributed by atoms with E-state index < -0.39 is 5.97 Å². The maximum absolute atomic E-state index is 10.4. The van der Waals surface area contributed by atoms with Crippen LogP contribution in [0.3, 0.4) is 0 Å². The molecule has 1 aromatic heterocycles. The Kier molecular flexibility index (Phi) is 1.63. The average molecular weight is 181 g/mol. The number of nitrogens with zero attached hydrogens (tertiary/aromatic N) is 2. The van der Waals surface area contributed by atoms with Crippen LogP contribution >= 0.6 is 0 Å². The lowest BCUT2D eigenvalue weighted by atomic mass is 10.1. The molecule has 1 heterocycles. The van der Waals surface area contributed by atoms with E-state index in [4.69, 9.17) is 10.8 Å². The van der Waals surface area contributed by atoms with Crippen LogP contribution in [-0.2, 0) is 16.9 Å². The lowest BCUT2D eigenvalue weighted by Crippen LogP contribution is -2.17. The van der Waals surface area contributed by atoms with Crippen molar-refractivity contribution in [3.05, 3.63) is 18.0 Å². The van der Waals surface area contributed by atoms with E-state index in [1.165, 1.54) is 4.68 Å². The first kappa shape index (κ1) is 8.25. The fraction of sp³-hybridized carbons (Fsp3) is 0.500. The minimum absolute atomic E-state index is 0.101. The topological polar surface area (TPSA) is 81.1 Å². The number of carboxylic acid groups (broad SMARTS) is 1. The minimum Gasteiger partial charge on any atom is -0.480 e. The molecule has 0 spiro atoms. The van der Waals surface area contributed by atoms with Crippen LogP contribution in [0.5, 0.6) is 0 Å². The quantitative estimate of drug-likeness (QED) is 0.683. The van der Waals surface area contributed by atoms with Gasteiger partial charge in [0.15, 0.2) is 0 Å². The van der Waals surface area contributed by atoms with Gasteiger partial charge in [-0.25, -0.2) is 0 Å². The largest absolute Gasteiger partial charge is 0.480 e. The zero-order valence-electron chi connectivity index (χ0n) is 7.10. The van der Waals surface area contributed by atoms with E-state index in [0.29, 0.717) is 0 Å². The van der Waals surface area contributed by atoms with E-state index in [9.17, 15) is 4.79 Å². The summed E-state index contributed by atoms with van der Waals surface area (Å²) in [6, 6.07) is 0. The summed E-state index contributed by atoms with van der Waals surface area (Å²) in [5, 5.41) is 12.4. The molecule has 0 atom stereocenters. The lowest BCUT2D eigenvalue weighted by molar-refractivity contribution is -0.137. The van der Waals surface area contributed by atoms with E-state index in [1.54, 1.807) is 12.4 Å². The molecule has 1 aliphatic rings. The van der Waals surface area contributed by atoms with Crippen molar-refractivity contribution in [2.75, 3.05) is 0 Å². The van der Waals surface area contributed by atoms with Crippen molar-refractivity contribution < 1.29 is 9.90 Å². The molecule has 0 unspecified atom stereocenters. The smallest absolute Gasteiger partial charge is 0.325 e. The van der Waals surface area contributed by atoms with Crippen LogP contribution in [-0.4, -0.2) is 20.9 Å². The van der Waals surface area contributed by atoms with Crippen LogP contribution in [0.25, 0.3) is 0 Å². The molecule has 1 aliphatic carbocycles. The molecule has 1 fully saturated rings. The van der Waals surface area contributed by atoms with Gasteiger partial charge in [-0.15, -0.1) is 0 Å². The highest BCUT2D eigenvalue weighted by molar-refractivity contribution is 5.66. The van der Waals surface area contributed by atoms with Crippen LogP contribution in [0.1, 0.15) is 18.4 Å². The number of rotatable bonds is 3. The van der Waals surface area contributed by atoms with E-state index in [-0.39, 0.29) is 12.1 Å². The van der Waals surface area contributed by atoms with Gasteiger partial charge in [0.05, 0.1) is 6.20 Å². The third kappa shape index (κ3) is 1.55. The first-order valence-corrected chi connectivity index (χ1v) is 4.14. The number of hydrogen-bond acceptors (Lipinski definition) is 3.